The van der Waals surface area contributed by atoms with Crippen molar-refractivity contribution in [1.29, 1.82) is 0 Å². The molecule has 16 nitrogen and oxygen atoms in total. The molecule has 53 heavy (non-hydrogen) atoms. The summed E-state index contributed by atoms with van der Waals surface area (Å²) in [4.78, 5) is 23.0. The number of aromatic nitrogens is 4. The van der Waals surface area contributed by atoms with E-state index in [9.17, 15) is 13.2 Å². The van der Waals surface area contributed by atoms with Gasteiger partial charge in [0.05, 0.1) is 38.8 Å². The maximum Gasteiger partial charge on any atom is 0.471 e. The topological polar surface area (TPSA) is 205 Å². The first kappa shape index (κ1) is 40.0. The maximum absolute atomic E-state index is 12.7. The van der Waals surface area contributed by atoms with Crippen molar-refractivity contribution in [2.45, 2.75) is 59.6 Å². The fourth-order valence-electron chi connectivity index (χ4n) is 4.86. The molecule has 3 aromatic heterocycles. The second kappa shape index (κ2) is 18.6. The van der Waals surface area contributed by atoms with Gasteiger partial charge in [-0.1, -0.05) is 20.6 Å². The Hall–Kier alpha value is -5.82. The molecule has 5 rings (SSSR count). The third-order valence-electron chi connectivity index (χ3n) is 7.14. The molecule has 0 fully saturated rings. The number of ether oxygens (including phenoxy) is 2. The summed E-state index contributed by atoms with van der Waals surface area (Å²) in [7, 11) is 2.69. The van der Waals surface area contributed by atoms with Gasteiger partial charge in [0.1, 0.15) is 11.5 Å². The Morgan fingerprint density at radius 3 is 1.75 bits per heavy atom. The summed E-state index contributed by atoms with van der Waals surface area (Å²) in [6, 6.07) is 10.1. The predicted molar refractivity (Wildman–Crippen MR) is 181 cm³/mol. The quantitative estimate of drug-likeness (QED) is 0.0263. The molecule has 0 amide bonds. The number of oxime groups is 1. The van der Waals surface area contributed by atoms with E-state index in [1.54, 1.807) is 25.1 Å². The van der Waals surface area contributed by atoms with Crippen LogP contribution in [0.15, 0.2) is 55.1 Å². The summed E-state index contributed by atoms with van der Waals surface area (Å²) in [5.41, 5.74) is 9.42. The molecule has 0 aliphatic heterocycles. The number of hydrogen-bond acceptors (Lipinski definition) is 15. The fraction of sp³-hybridized carbons (Fsp3) is 0.382. The van der Waals surface area contributed by atoms with Crippen LogP contribution in [0.1, 0.15) is 59.8 Å². The minimum atomic E-state index is -4.72. The summed E-state index contributed by atoms with van der Waals surface area (Å²) in [6.45, 7) is 8.08. The predicted octanol–water partition coefficient (Wildman–Crippen LogP) is 6.90. The highest BCUT2D eigenvalue weighted by Gasteiger charge is 2.38. The Kier molecular flexibility index (Phi) is 14.0. The molecule has 3 N–H and O–H groups in total. The Labute approximate surface area is 302 Å². The van der Waals surface area contributed by atoms with E-state index >= 15 is 0 Å². The maximum atomic E-state index is 12.7. The Balaban J connectivity index is 0.000000290. The number of amidine groups is 1. The molecule has 0 aliphatic carbocycles. The summed E-state index contributed by atoms with van der Waals surface area (Å²) in [6.07, 6.45) is -1.95. The Bertz CT molecular complexity index is 1960. The van der Waals surface area contributed by atoms with Gasteiger partial charge in [-0.05, 0) is 75.9 Å². The summed E-state index contributed by atoms with van der Waals surface area (Å²) in [5, 5.41) is 22.8. The van der Waals surface area contributed by atoms with Crippen LogP contribution in [0.4, 0.5) is 13.2 Å². The highest BCUT2D eigenvalue weighted by molar-refractivity contribution is 5.97. The number of nitrogens with zero attached hydrogens (tertiary/aromatic N) is 5. The van der Waals surface area contributed by atoms with Gasteiger partial charge in [0.25, 0.3) is 0 Å². The van der Waals surface area contributed by atoms with Crippen LogP contribution in [-0.2, 0) is 28.8 Å². The van der Waals surface area contributed by atoms with Crippen molar-refractivity contribution in [2.24, 2.45) is 10.9 Å². The molecule has 0 unspecified atom stereocenters. The lowest BCUT2D eigenvalue weighted by Crippen LogP contribution is -2.14. The van der Waals surface area contributed by atoms with Gasteiger partial charge in [-0.3, -0.25) is 0 Å². The van der Waals surface area contributed by atoms with Gasteiger partial charge < -0.3 is 43.8 Å². The van der Waals surface area contributed by atoms with Crippen LogP contribution in [0, 0.1) is 27.7 Å². The van der Waals surface area contributed by atoms with E-state index in [0.29, 0.717) is 54.4 Å². The standard InChI is InChI=1S/C18H18F3N3O5.C16H21N3O5.H2/c1-10-7-12(16-22-17(28-24-16)18(19,20)21)9-14(29-25-3)15(10)26-6-4-5-13-8-11(2)23-27-13;1-10-7-12(16(17)18-20)9-14(24-21-3)15(10)22-6-4-5-13-8-11(2)19-23-13;/h7-9H,4-6H2,1-3H3;7-9,20H,4-6H2,1-3H3,(H2,17,18);1H/i;;1+1. The highest BCUT2D eigenvalue weighted by Crippen LogP contribution is 2.37. The van der Waals surface area contributed by atoms with Crippen molar-refractivity contribution < 1.29 is 62.4 Å². The first-order chi connectivity index (χ1) is 25.3. The van der Waals surface area contributed by atoms with Crippen LogP contribution in [0.5, 0.6) is 23.0 Å². The second-order valence-electron chi connectivity index (χ2n) is 11.4. The Morgan fingerprint density at radius 1 is 0.774 bits per heavy atom. The third kappa shape index (κ3) is 11.3. The average molecular weight is 752 g/mol. The molecule has 0 atom stereocenters. The Morgan fingerprint density at radius 2 is 1.30 bits per heavy atom. The third-order valence-corrected chi connectivity index (χ3v) is 7.14. The lowest BCUT2D eigenvalue weighted by atomic mass is 10.1. The number of nitrogens with two attached hydrogens (primary N) is 1. The van der Waals surface area contributed by atoms with Crippen LogP contribution in [-0.4, -0.2) is 58.9 Å². The SMILES string of the molecule is COOc1cc(-c2noc(C(F)(F)F)n2)cc(C)c1OCCCc1cc(C)no1.COOc1cc(/C(N)=N/O)cc(C)c1OCCCc1cc(C)no1.[2HH]. The average Bonchev–Trinajstić information content (AvgIpc) is 3.88. The molecular weight excluding hydrogens is 709 g/mol. The van der Waals surface area contributed by atoms with E-state index in [4.69, 9.17) is 49.0 Å². The molecule has 3 heterocycles. The number of rotatable bonds is 16. The van der Waals surface area contributed by atoms with E-state index in [1.807, 2.05) is 32.9 Å². The number of alkyl halides is 3. The van der Waals surface area contributed by atoms with Gasteiger partial charge >= 0.3 is 12.1 Å². The highest BCUT2D eigenvalue weighted by atomic mass is 19.4. The van der Waals surface area contributed by atoms with Crippen molar-refractivity contribution >= 4 is 5.84 Å². The molecule has 0 bridgehead atoms. The van der Waals surface area contributed by atoms with E-state index in [2.05, 4.69) is 30.1 Å². The summed E-state index contributed by atoms with van der Waals surface area (Å²) < 4.78 is 64.2. The van der Waals surface area contributed by atoms with Crippen molar-refractivity contribution in [3.05, 3.63) is 81.9 Å². The van der Waals surface area contributed by atoms with Crippen LogP contribution >= 0.6 is 0 Å². The molecule has 288 valence electrons. The molecule has 0 saturated carbocycles. The van der Waals surface area contributed by atoms with Crippen LogP contribution in [0.3, 0.4) is 0 Å². The molecule has 19 heteroatoms. The zero-order chi connectivity index (χ0) is 38.5. The molecule has 2 aromatic carbocycles. The van der Waals surface area contributed by atoms with E-state index < -0.39 is 12.1 Å². The first-order valence-corrected chi connectivity index (χ1v) is 16.0. The number of benzene rings is 2. The lowest BCUT2D eigenvalue weighted by Gasteiger charge is -2.14. The van der Waals surface area contributed by atoms with Gasteiger partial charge in [-0.25, -0.2) is 0 Å². The molecule has 0 radical (unpaired) electrons. The molecule has 0 saturated heterocycles. The van der Waals surface area contributed by atoms with Gasteiger partial charge in [0, 0.05) is 37.5 Å². The van der Waals surface area contributed by atoms with Gasteiger partial charge in [0.2, 0.25) is 17.3 Å². The molecule has 5 aromatic rings. The summed E-state index contributed by atoms with van der Waals surface area (Å²) >= 11 is 0. The van der Waals surface area contributed by atoms with Crippen LogP contribution in [0.25, 0.3) is 11.4 Å². The first-order valence-electron chi connectivity index (χ1n) is 16.0. The smallest absolute Gasteiger partial charge is 0.471 e. The molecular formula is C34H41F3N6O10. The fourth-order valence-corrected chi connectivity index (χ4v) is 4.86. The number of aryl methyl sites for hydroxylation is 6. The normalized spacial score (nSPS) is 11.6. The monoisotopic (exact) mass is 751 g/mol. The lowest BCUT2D eigenvalue weighted by molar-refractivity contribution is -0.179. The largest absolute Gasteiger partial charge is 0.489 e. The summed E-state index contributed by atoms with van der Waals surface area (Å²) in [5.74, 6) is 1.37. The van der Waals surface area contributed by atoms with Crippen molar-refractivity contribution in [3.8, 4) is 34.4 Å². The van der Waals surface area contributed by atoms with E-state index in [1.165, 1.54) is 20.3 Å². The second-order valence-corrected chi connectivity index (χ2v) is 11.4. The van der Waals surface area contributed by atoms with Crippen molar-refractivity contribution in [2.75, 3.05) is 27.4 Å². The van der Waals surface area contributed by atoms with Gasteiger partial charge in [-0.2, -0.15) is 27.9 Å². The zero-order valence-electron chi connectivity index (χ0n) is 29.8. The minimum absolute atomic E-state index is 0. The van der Waals surface area contributed by atoms with E-state index in [0.717, 1.165) is 41.3 Å². The van der Waals surface area contributed by atoms with Crippen LogP contribution < -0.4 is 25.0 Å². The van der Waals surface area contributed by atoms with Crippen molar-refractivity contribution in [1.82, 2.24) is 20.5 Å². The van der Waals surface area contributed by atoms with Crippen LogP contribution in [0.2, 0.25) is 0 Å². The van der Waals surface area contributed by atoms with Gasteiger partial charge in [-0.15, -0.1) is 0 Å². The number of halogens is 3. The van der Waals surface area contributed by atoms with Gasteiger partial charge in [0.15, 0.2) is 17.3 Å². The van der Waals surface area contributed by atoms with Crippen molar-refractivity contribution in [3.63, 3.8) is 0 Å². The zero-order valence-corrected chi connectivity index (χ0v) is 29.8. The number of hydrogen-bond donors (Lipinski definition) is 2. The minimum Gasteiger partial charge on any atom is -0.489 e. The molecule has 0 aliphatic rings. The molecule has 0 spiro atoms. The van der Waals surface area contributed by atoms with E-state index in [-0.39, 0.29) is 24.4 Å².